The molecule has 2 aliphatic rings. The van der Waals surface area contributed by atoms with Crippen molar-refractivity contribution >= 4 is 7.12 Å². The summed E-state index contributed by atoms with van der Waals surface area (Å²) in [6.45, 7) is 8.49. The molecule has 0 aromatic heterocycles. The summed E-state index contributed by atoms with van der Waals surface area (Å²) in [5, 5.41) is 0. The predicted octanol–water partition coefficient (Wildman–Crippen LogP) is 3.27. The van der Waals surface area contributed by atoms with Crippen molar-refractivity contribution in [3.8, 4) is 0 Å². The second-order valence-electron chi connectivity index (χ2n) is 6.06. The Bertz CT molecular complexity index is 218. The molecule has 0 radical (unpaired) electrons. The molecule has 0 aromatic carbocycles. The molecule has 0 atom stereocenters. The highest BCUT2D eigenvalue weighted by atomic mass is 16.7. The summed E-state index contributed by atoms with van der Waals surface area (Å²) in [4.78, 5) is 0. The highest BCUT2D eigenvalue weighted by molar-refractivity contribution is 6.45. The van der Waals surface area contributed by atoms with E-state index in [0.717, 1.165) is 12.2 Å². The molecular formula is C12H23BO2. The zero-order valence-electron chi connectivity index (χ0n) is 10.5. The minimum atomic E-state index is -0.155. The molecule has 1 aliphatic carbocycles. The molecule has 2 fully saturated rings. The van der Waals surface area contributed by atoms with Gasteiger partial charge in [-0.2, -0.15) is 0 Å². The first kappa shape index (κ1) is 11.5. The van der Waals surface area contributed by atoms with Crippen LogP contribution in [0, 0.1) is 5.92 Å². The second-order valence-corrected chi connectivity index (χ2v) is 6.06. The minimum absolute atomic E-state index is 0.0237. The van der Waals surface area contributed by atoms with Crippen LogP contribution in [0.2, 0.25) is 6.32 Å². The third-order valence-corrected chi connectivity index (χ3v) is 4.34. The Labute approximate surface area is 93.9 Å². The summed E-state index contributed by atoms with van der Waals surface area (Å²) in [5.74, 6) is 0.948. The van der Waals surface area contributed by atoms with Crippen LogP contribution >= 0.6 is 0 Å². The van der Waals surface area contributed by atoms with E-state index in [9.17, 15) is 0 Å². The molecule has 1 heterocycles. The fourth-order valence-corrected chi connectivity index (χ4v) is 2.24. The van der Waals surface area contributed by atoms with Gasteiger partial charge in [0.25, 0.3) is 0 Å². The average molecular weight is 210 g/mol. The van der Waals surface area contributed by atoms with Crippen LogP contribution in [0.1, 0.15) is 53.4 Å². The van der Waals surface area contributed by atoms with Gasteiger partial charge in [0.1, 0.15) is 0 Å². The summed E-state index contributed by atoms with van der Waals surface area (Å²) in [6, 6.07) is 0. The Morgan fingerprint density at radius 2 is 1.60 bits per heavy atom. The van der Waals surface area contributed by atoms with Gasteiger partial charge in [-0.3, -0.25) is 0 Å². The summed E-state index contributed by atoms with van der Waals surface area (Å²) in [5.41, 5.74) is -0.311. The van der Waals surface area contributed by atoms with E-state index in [-0.39, 0.29) is 18.3 Å². The molecule has 2 rings (SSSR count). The monoisotopic (exact) mass is 210 g/mol. The summed E-state index contributed by atoms with van der Waals surface area (Å²) in [6.07, 6.45) is 6.60. The van der Waals surface area contributed by atoms with Crippen molar-refractivity contribution in [3.05, 3.63) is 0 Å². The Hall–Kier alpha value is -0.0151. The van der Waals surface area contributed by atoms with Crippen LogP contribution in [0.15, 0.2) is 0 Å². The van der Waals surface area contributed by atoms with Crippen LogP contribution in [0.25, 0.3) is 0 Å². The smallest absolute Gasteiger partial charge is 0.403 e. The van der Waals surface area contributed by atoms with E-state index in [4.69, 9.17) is 9.31 Å². The molecule has 1 aliphatic heterocycles. The van der Waals surface area contributed by atoms with Crippen LogP contribution in [0.4, 0.5) is 0 Å². The molecule has 0 spiro atoms. The molecule has 1 saturated carbocycles. The van der Waals surface area contributed by atoms with Gasteiger partial charge >= 0.3 is 7.12 Å². The van der Waals surface area contributed by atoms with Crippen LogP contribution in [-0.4, -0.2) is 18.3 Å². The van der Waals surface area contributed by atoms with E-state index >= 15 is 0 Å². The first-order valence-electron chi connectivity index (χ1n) is 6.26. The third-order valence-electron chi connectivity index (χ3n) is 4.34. The van der Waals surface area contributed by atoms with Gasteiger partial charge in [0, 0.05) is 0 Å². The van der Waals surface area contributed by atoms with E-state index in [1.807, 2.05) is 0 Å². The quantitative estimate of drug-likeness (QED) is 0.665. The first-order valence-corrected chi connectivity index (χ1v) is 6.26. The van der Waals surface area contributed by atoms with E-state index in [1.165, 1.54) is 25.7 Å². The van der Waals surface area contributed by atoms with Gasteiger partial charge in [-0.25, -0.2) is 0 Å². The lowest BCUT2D eigenvalue weighted by Crippen LogP contribution is -2.41. The molecule has 0 bridgehead atoms. The average Bonchev–Trinajstić information content (AvgIpc) is 2.17. The van der Waals surface area contributed by atoms with Crippen molar-refractivity contribution in [2.24, 2.45) is 5.92 Å². The topological polar surface area (TPSA) is 18.5 Å². The Balaban J connectivity index is 1.80. The highest BCUT2D eigenvalue weighted by Crippen LogP contribution is 2.39. The Morgan fingerprint density at radius 3 is 2.00 bits per heavy atom. The lowest BCUT2D eigenvalue weighted by atomic mass is 9.74. The molecule has 2 nitrogen and oxygen atoms in total. The van der Waals surface area contributed by atoms with Crippen LogP contribution < -0.4 is 0 Å². The molecule has 0 aromatic rings. The largest absolute Gasteiger partial charge is 0.457 e. The van der Waals surface area contributed by atoms with Gasteiger partial charge in [-0.15, -0.1) is 0 Å². The number of rotatable bonds is 3. The molecule has 15 heavy (non-hydrogen) atoms. The molecule has 0 N–H and O–H groups in total. The van der Waals surface area contributed by atoms with Gasteiger partial charge in [0.05, 0.1) is 11.2 Å². The molecule has 3 heteroatoms. The maximum atomic E-state index is 5.96. The molecule has 86 valence electrons. The zero-order chi connectivity index (χ0) is 11.1. The maximum absolute atomic E-state index is 5.96. The fraction of sp³-hybridized carbons (Fsp3) is 1.00. The standard InChI is InChI=1S/C12H23BO2/c1-11(2)12(3,4)15-13(14-11)9-8-10-6-5-7-10/h10H,5-9H2,1-4H3. The van der Waals surface area contributed by atoms with E-state index in [2.05, 4.69) is 27.7 Å². The van der Waals surface area contributed by atoms with Gasteiger partial charge in [0.2, 0.25) is 0 Å². The van der Waals surface area contributed by atoms with Crippen LogP contribution in [0.3, 0.4) is 0 Å². The van der Waals surface area contributed by atoms with Crippen molar-refractivity contribution in [2.45, 2.75) is 70.9 Å². The molecule has 0 unspecified atom stereocenters. The van der Waals surface area contributed by atoms with Gasteiger partial charge in [-0.1, -0.05) is 25.7 Å². The third kappa shape index (κ3) is 2.23. The summed E-state index contributed by atoms with van der Waals surface area (Å²) in [7, 11) is 0.0237. The highest BCUT2D eigenvalue weighted by Gasteiger charge is 2.50. The normalized spacial score (nSPS) is 29.2. The summed E-state index contributed by atoms with van der Waals surface area (Å²) < 4.78 is 11.9. The molecule has 0 amide bonds. The molecular weight excluding hydrogens is 187 g/mol. The fourth-order valence-electron chi connectivity index (χ4n) is 2.24. The lowest BCUT2D eigenvalue weighted by molar-refractivity contribution is 0.00578. The van der Waals surface area contributed by atoms with Crippen LogP contribution in [0.5, 0.6) is 0 Å². The SMILES string of the molecule is CC1(C)OB(CCC2CCC2)OC1(C)C. The van der Waals surface area contributed by atoms with Crippen molar-refractivity contribution < 1.29 is 9.31 Å². The lowest BCUT2D eigenvalue weighted by Gasteiger charge is -2.32. The Morgan fingerprint density at radius 1 is 1.07 bits per heavy atom. The van der Waals surface area contributed by atoms with Crippen molar-refractivity contribution in [1.29, 1.82) is 0 Å². The van der Waals surface area contributed by atoms with E-state index in [0.29, 0.717) is 0 Å². The number of hydrogen-bond acceptors (Lipinski definition) is 2. The maximum Gasteiger partial charge on any atom is 0.457 e. The van der Waals surface area contributed by atoms with Gasteiger partial charge in [0.15, 0.2) is 0 Å². The molecule has 1 saturated heterocycles. The van der Waals surface area contributed by atoms with E-state index in [1.54, 1.807) is 0 Å². The number of hydrogen-bond donors (Lipinski definition) is 0. The zero-order valence-corrected chi connectivity index (χ0v) is 10.5. The predicted molar refractivity (Wildman–Crippen MR) is 62.8 cm³/mol. The van der Waals surface area contributed by atoms with Gasteiger partial charge < -0.3 is 9.31 Å². The van der Waals surface area contributed by atoms with Crippen molar-refractivity contribution in [3.63, 3.8) is 0 Å². The van der Waals surface area contributed by atoms with Crippen LogP contribution in [-0.2, 0) is 9.31 Å². The minimum Gasteiger partial charge on any atom is -0.403 e. The Kier molecular flexibility index (Phi) is 2.89. The summed E-state index contributed by atoms with van der Waals surface area (Å²) >= 11 is 0. The second kappa shape index (κ2) is 3.78. The van der Waals surface area contributed by atoms with E-state index < -0.39 is 0 Å². The first-order chi connectivity index (χ1) is 6.91. The van der Waals surface area contributed by atoms with Crippen molar-refractivity contribution in [2.75, 3.05) is 0 Å². The van der Waals surface area contributed by atoms with Crippen molar-refractivity contribution in [1.82, 2.24) is 0 Å². The van der Waals surface area contributed by atoms with Gasteiger partial charge in [-0.05, 0) is 39.9 Å².